The third kappa shape index (κ3) is 3.85. The number of nitrogens with one attached hydrogen (secondary N) is 2. The summed E-state index contributed by atoms with van der Waals surface area (Å²) >= 11 is 0. The quantitative estimate of drug-likeness (QED) is 0.763. The van der Waals surface area contributed by atoms with Crippen molar-refractivity contribution < 1.29 is 9.18 Å². The van der Waals surface area contributed by atoms with Gasteiger partial charge in [-0.1, -0.05) is 19.1 Å². The third-order valence-corrected chi connectivity index (χ3v) is 6.89. The number of carbonyl (C=O) groups is 1. The van der Waals surface area contributed by atoms with E-state index >= 15 is 0 Å². The van der Waals surface area contributed by atoms with Crippen molar-refractivity contribution >= 4 is 23.0 Å². The van der Waals surface area contributed by atoms with E-state index in [2.05, 4.69) is 46.8 Å². The second-order valence-electron chi connectivity index (χ2n) is 9.02. The molecular weight excluding hydrogens is 391 g/mol. The molecule has 3 atom stereocenters. The first-order valence-corrected chi connectivity index (χ1v) is 11.2. The zero-order valence-electron chi connectivity index (χ0n) is 18.1. The number of aromatic nitrogens is 1. The number of fused-ring (bicyclic) bond motifs is 1. The predicted molar refractivity (Wildman–Crippen MR) is 121 cm³/mol. The van der Waals surface area contributed by atoms with Crippen molar-refractivity contribution in [3.05, 3.63) is 59.5 Å². The van der Waals surface area contributed by atoms with Gasteiger partial charge < -0.3 is 15.5 Å². The van der Waals surface area contributed by atoms with Crippen LogP contribution in [-0.4, -0.2) is 30.0 Å². The third-order valence-electron chi connectivity index (χ3n) is 6.89. The Hall–Kier alpha value is -2.73. The predicted octanol–water partition coefficient (Wildman–Crippen LogP) is 4.53. The summed E-state index contributed by atoms with van der Waals surface area (Å²) in [5, 5.41) is 6.94. The Kier molecular flexibility index (Phi) is 5.26. The van der Waals surface area contributed by atoms with Crippen molar-refractivity contribution in [1.82, 2.24) is 10.3 Å². The van der Waals surface area contributed by atoms with Crippen LogP contribution in [0.1, 0.15) is 50.3 Å². The molecule has 2 N–H and O–H groups in total. The Morgan fingerprint density at radius 1 is 1.26 bits per heavy atom. The number of nitrogens with zero attached hydrogens (tertiary/aromatic N) is 2. The van der Waals surface area contributed by atoms with Crippen LogP contribution < -0.4 is 15.5 Å². The Morgan fingerprint density at radius 3 is 2.74 bits per heavy atom. The average molecular weight is 421 g/mol. The fraction of sp³-hybridized carbons (Fsp3) is 0.440. The molecule has 162 valence electrons. The zero-order valence-corrected chi connectivity index (χ0v) is 18.1. The Labute approximate surface area is 182 Å². The molecule has 3 aliphatic rings. The van der Waals surface area contributed by atoms with Crippen molar-refractivity contribution in [3.63, 3.8) is 0 Å². The van der Waals surface area contributed by atoms with Crippen molar-refractivity contribution in [1.29, 1.82) is 0 Å². The fourth-order valence-electron chi connectivity index (χ4n) is 5.27. The van der Waals surface area contributed by atoms with Crippen molar-refractivity contribution in [2.24, 2.45) is 11.8 Å². The maximum Gasteiger partial charge on any atom is 0.224 e. The van der Waals surface area contributed by atoms with E-state index in [1.807, 2.05) is 4.90 Å². The molecule has 0 bridgehead atoms. The van der Waals surface area contributed by atoms with Crippen LogP contribution in [0.25, 0.3) is 5.57 Å². The second kappa shape index (κ2) is 8.08. The summed E-state index contributed by atoms with van der Waals surface area (Å²) in [7, 11) is 0. The van der Waals surface area contributed by atoms with Gasteiger partial charge >= 0.3 is 0 Å². The van der Waals surface area contributed by atoms with E-state index in [4.69, 9.17) is 0 Å². The van der Waals surface area contributed by atoms with E-state index in [0.29, 0.717) is 11.7 Å². The molecule has 3 heterocycles. The summed E-state index contributed by atoms with van der Waals surface area (Å²) < 4.78 is 13.4. The maximum absolute atomic E-state index is 13.4. The van der Waals surface area contributed by atoms with Gasteiger partial charge in [-0.2, -0.15) is 0 Å². The lowest BCUT2D eigenvalue weighted by Crippen LogP contribution is -2.51. The van der Waals surface area contributed by atoms with Crippen LogP contribution in [0.5, 0.6) is 0 Å². The van der Waals surface area contributed by atoms with Crippen molar-refractivity contribution in [3.8, 4) is 0 Å². The van der Waals surface area contributed by atoms with Crippen LogP contribution in [0, 0.1) is 17.7 Å². The van der Waals surface area contributed by atoms with E-state index in [1.165, 1.54) is 23.4 Å². The van der Waals surface area contributed by atoms with Gasteiger partial charge in [-0.15, -0.1) is 0 Å². The molecule has 5 rings (SSSR count). The minimum Gasteiger partial charge on any atom is -0.363 e. The first-order chi connectivity index (χ1) is 15.0. The van der Waals surface area contributed by atoms with Gasteiger partial charge in [0.15, 0.2) is 0 Å². The van der Waals surface area contributed by atoms with E-state index in [-0.39, 0.29) is 29.7 Å². The lowest BCUT2D eigenvalue weighted by molar-refractivity contribution is -0.117. The number of hydrogen-bond donors (Lipinski definition) is 2. The molecule has 5 nitrogen and oxygen atoms in total. The van der Waals surface area contributed by atoms with Gasteiger partial charge in [0.1, 0.15) is 11.6 Å². The van der Waals surface area contributed by atoms with E-state index in [1.54, 1.807) is 13.0 Å². The Balaban J connectivity index is 1.60. The molecule has 31 heavy (non-hydrogen) atoms. The fourth-order valence-corrected chi connectivity index (χ4v) is 5.27. The van der Waals surface area contributed by atoms with E-state index in [0.717, 1.165) is 43.6 Å². The summed E-state index contributed by atoms with van der Waals surface area (Å²) in [5.41, 5.74) is 4.65. The van der Waals surface area contributed by atoms with Crippen LogP contribution in [-0.2, 0) is 4.79 Å². The zero-order chi connectivity index (χ0) is 21.5. The molecule has 1 unspecified atom stereocenters. The highest BCUT2D eigenvalue weighted by atomic mass is 19.1. The summed E-state index contributed by atoms with van der Waals surface area (Å²) in [6, 6.07) is 9.78. The number of anilines is 2. The van der Waals surface area contributed by atoms with Gasteiger partial charge in [-0.25, -0.2) is 9.37 Å². The van der Waals surface area contributed by atoms with Gasteiger partial charge in [0, 0.05) is 31.1 Å². The first kappa shape index (κ1) is 20.2. The summed E-state index contributed by atoms with van der Waals surface area (Å²) in [5.74, 6) is 1.14. The van der Waals surface area contributed by atoms with Gasteiger partial charge in [-0.05, 0) is 72.7 Å². The molecule has 0 radical (unpaired) electrons. The van der Waals surface area contributed by atoms with Crippen molar-refractivity contribution in [2.45, 2.75) is 45.2 Å². The van der Waals surface area contributed by atoms with E-state index < -0.39 is 0 Å². The molecule has 1 saturated carbocycles. The molecule has 2 aromatic rings. The minimum atomic E-state index is -0.346. The lowest BCUT2D eigenvalue weighted by atomic mass is 9.79. The van der Waals surface area contributed by atoms with E-state index in [9.17, 15) is 9.18 Å². The molecule has 1 aromatic carbocycles. The van der Waals surface area contributed by atoms with Crippen LogP contribution in [0.4, 0.5) is 15.9 Å². The highest BCUT2D eigenvalue weighted by Crippen LogP contribution is 2.50. The summed E-state index contributed by atoms with van der Waals surface area (Å²) in [4.78, 5) is 19.0. The lowest BCUT2D eigenvalue weighted by Gasteiger charge is -2.46. The number of pyridine rings is 1. The van der Waals surface area contributed by atoms with Crippen LogP contribution >= 0.6 is 0 Å². The highest BCUT2D eigenvalue weighted by molar-refractivity contribution is 5.94. The number of rotatable bonds is 4. The maximum atomic E-state index is 13.4. The van der Waals surface area contributed by atoms with Crippen LogP contribution in [0.15, 0.2) is 42.6 Å². The molecule has 0 spiro atoms. The van der Waals surface area contributed by atoms with Crippen molar-refractivity contribution in [2.75, 3.05) is 23.3 Å². The molecular formula is C25H29FN4O. The number of amides is 1. The smallest absolute Gasteiger partial charge is 0.224 e. The monoisotopic (exact) mass is 420 g/mol. The normalized spacial score (nSPS) is 25.6. The molecule has 1 amide bonds. The standard InChI is InChI=1S/C25H29FN4O/c1-15-24(29-23-8-6-20(26)14-28-23)21-13-19(17-9-11-27-12-10-17)5-7-22(21)30(16(2)31)25(15)18-3-4-18/h5-9,13-15,18,24-25,27H,3-4,10-12H2,1-2H3,(H,28,29)/t15-,24?,25-/m1/s1. The topological polar surface area (TPSA) is 57.3 Å². The number of carbonyl (C=O) groups excluding carboxylic acids is 1. The SMILES string of the molecule is CC(=O)N1c2ccc(C3=CCNCC3)cc2C(Nc2ccc(F)cn2)[C@@H](C)[C@@H]1C1CC1. The molecule has 1 aliphatic carbocycles. The van der Waals surface area contributed by atoms with Crippen LogP contribution in [0.2, 0.25) is 0 Å². The number of benzene rings is 1. The summed E-state index contributed by atoms with van der Waals surface area (Å²) in [6.45, 7) is 5.75. The number of hydrogen-bond acceptors (Lipinski definition) is 4. The largest absolute Gasteiger partial charge is 0.363 e. The molecule has 0 saturated heterocycles. The second-order valence-corrected chi connectivity index (χ2v) is 9.02. The molecule has 6 heteroatoms. The average Bonchev–Trinajstić information content (AvgIpc) is 3.62. The molecule has 1 aromatic heterocycles. The first-order valence-electron chi connectivity index (χ1n) is 11.2. The molecule has 2 aliphatic heterocycles. The minimum absolute atomic E-state index is 0.00331. The molecule has 1 fully saturated rings. The van der Waals surface area contributed by atoms with Gasteiger partial charge in [-0.3, -0.25) is 4.79 Å². The van der Waals surface area contributed by atoms with Gasteiger partial charge in [0.05, 0.1) is 12.2 Å². The number of halogens is 1. The van der Waals surface area contributed by atoms with Crippen LogP contribution in [0.3, 0.4) is 0 Å². The highest BCUT2D eigenvalue weighted by Gasteiger charge is 2.47. The Bertz CT molecular complexity index is 1010. The summed E-state index contributed by atoms with van der Waals surface area (Å²) in [6.07, 6.45) is 6.80. The van der Waals surface area contributed by atoms with Gasteiger partial charge in [0.2, 0.25) is 5.91 Å². The van der Waals surface area contributed by atoms with Gasteiger partial charge in [0.25, 0.3) is 0 Å². The Morgan fingerprint density at radius 2 is 2.10 bits per heavy atom.